The summed E-state index contributed by atoms with van der Waals surface area (Å²) in [6.45, 7) is 1.43. The zero-order valence-electron chi connectivity index (χ0n) is 6.99. The standard InChI is InChI=1S/C8H8BBrO3/c1-5(11)6-2-3-8(10)7(4-6)9(12)13/h2-4,12-13H,1H3. The highest BCUT2D eigenvalue weighted by Crippen LogP contribution is 2.09. The number of carbonyl (C=O) groups excluding carboxylic acids is 1. The van der Waals surface area contributed by atoms with E-state index >= 15 is 0 Å². The van der Waals surface area contributed by atoms with Gasteiger partial charge in [0.05, 0.1) is 0 Å². The van der Waals surface area contributed by atoms with Crippen molar-refractivity contribution in [3.63, 3.8) is 0 Å². The summed E-state index contributed by atoms with van der Waals surface area (Å²) in [4.78, 5) is 11.0. The van der Waals surface area contributed by atoms with Crippen LogP contribution in [0.1, 0.15) is 17.3 Å². The van der Waals surface area contributed by atoms with Crippen molar-refractivity contribution in [2.24, 2.45) is 0 Å². The molecule has 1 aromatic carbocycles. The third-order valence-corrected chi connectivity index (χ3v) is 2.40. The Morgan fingerprint density at radius 3 is 2.54 bits per heavy atom. The summed E-state index contributed by atoms with van der Waals surface area (Å²) in [6, 6.07) is 4.70. The number of halogens is 1. The van der Waals surface area contributed by atoms with Gasteiger partial charge in [-0.15, -0.1) is 0 Å². The van der Waals surface area contributed by atoms with Gasteiger partial charge in [0.25, 0.3) is 0 Å². The number of ketones is 1. The Hall–Kier alpha value is -0.645. The third kappa shape index (κ3) is 2.40. The molecule has 5 heteroatoms. The maximum Gasteiger partial charge on any atom is 0.489 e. The van der Waals surface area contributed by atoms with E-state index in [1.165, 1.54) is 13.0 Å². The first kappa shape index (κ1) is 10.4. The summed E-state index contributed by atoms with van der Waals surface area (Å²) in [5.74, 6) is -0.102. The average Bonchev–Trinajstić information content (AvgIpc) is 2.04. The molecule has 13 heavy (non-hydrogen) atoms. The molecule has 0 saturated heterocycles. The molecule has 0 aliphatic rings. The zero-order valence-corrected chi connectivity index (χ0v) is 8.58. The largest absolute Gasteiger partial charge is 0.489 e. The van der Waals surface area contributed by atoms with Crippen LogP contribution in [-0.4, -0.2) is 22.9 Å². The van der Waals surface area contributed by atoms with Crippen molar-refractivity contribution < 1.29 is 14.8 Å². The van der Waals surface area contributed by atoms with Crippen LogP contribution < -0.4 is 5.46 Å². The van der Waals surface area contributed by atoms with Crippen molar-refractivity contribution >= 4 is 34.3 Å². The molecule has 68 valence electrons. The molecule has 3 nitrogen and oxygen atoms in total. The first-order valence-electron chi connectivity index (χ1n) is 3.69. The van der Waals surface area contributed by atoms with Gasteiger partial charge in [0, 0.05) is 10.0 Å². The molecule has 0 spiro atoms. The Balaban J connectivity index is 3.19. The lowest BCUT2D eigenvalue weighted by molar-refractivity contribution is 0.101. The second kappa shape index (κ2) is 4.04. The van der Waals surface area contributed by atoms with Crippen LogP contribution in [0.2, 0.25) is 0 Å². The highest BCUT2D eigenvalue weighted by molar-refractivity contribution is 9.10. The topological polar surface area (TPSA) is 57.5 Å². The Morgan fingerprint density at radius 2 is 2.08 bits per heavy atom. The van der Waals surface area contributed by atoms with Crippen molar-refractivity contribution in [3.8, 4) is 0 Å². The SMILES string of the molecule is CC(=O)c1ccc(Br)c(B(O)O)c1. The number of hydrogen-bond acceptors (Lipinski definition) is 3. The Morgan fingerprint density at radius 1 is 1.46 bits per heavy atom. The molecule has 0 heterocycles. The average molecular weight is 243 g/mol. The molecular weight excluding hydrogens is 235 g/mol. The van der Waals surface area contributed by atoms with Gasteiger partial charge in [0.1, 0.15) is 0 Å². The normalized spacial score (nSPS) is 9.85. The zero-order chi connectivity index (χ0) is 10.0. The van der Waals surface area contributed by atoms with E-state index in [-0.39, 0.29) is 5.78 Å². The van der Waals surface area contributed by atoms with Gasteiger partial charge in [0.15, 0.2) is 5.78 Å². The lowest BCUT2D eigenvalue weighted by atomic mass is 9.79. The lowest BCUT2D eigenvalue weighted by Crippen LogP contribution is -2.31. The number of rotatable bonds is 2. The van der Waals surface area contributed by atoms with Gasteiger partial charge in [-0.05, 0) is 18.5 Å². The van der Waals surface area contributed by atoms with Crippen LogP contribution in [-0.2, 0) is 0 Å². The van der Waals surface area contributed by atoms with Gasteiger partial charge in [-0.3, -0.25) is 4.79 Å². The van der Waals surface area contributed by atoms with E-state index < -0.39 is 7.12 Å². The molecule has 0 saturated carbocycles. The van der Waals surface area contributed by atoms with Gasteiger partial charge in [-0.25, -0.2) is 0 Å². The third-order valence-electron chi connectivity index (χ3n) is 1.68. The Kier molecular flexibility index (Phi) is 3.25. The molecule has 0 aromatic heterocycles. The maximum atomic E-state index is 11.0. The first-order chi connectivity index (χ1) is 6.02. The molecule has 0 unspecified atom stereocenters. The molecule has 2 N–H and O–H groups in total. The van der Waals surface area contributed by atoms with Crippen LogP contribution in [0.15, 0.2) is 22.7 Å². The van der Waals surface area contributed by atoms with Crippen LogP contribution in [0, 0.1) is 0 Å². The van der Waals surface area contributed by atoms with Gasteiger partial charge in [-0.1, -0.05) is 28.1 Å². The van der Waals surface area contributed by atoms with Crippen molar-refractivity contribution in [3.05, 3.63) is 28.2 Å². The number of benzene rings is 1. The lowest BCUT2D eigenvalue weighted by Gasteiger charge is -2.04. The van der Waals surface area contributed by atoms with E-state index in [1.807, 2.05) is 0 Å². The van der Waals surface area contributed by atoms with Crippen molar-refractivity contribution in [2.75, 3.05) is 0 Å². The predicted molar refractivity (Wildman–Crippen MR) is 54.0 cm³/mol. The second-order valence-corrected chi connectivity index (χ2v) is 3.52. The fourth-order valence-electron chi connectivity index (χ4n) is 0.961. The molecule has 0 aliphatic carbocycles. The first-order valence-corrected chi connectivity index (χ1v) is 4.48. The smallest absolute Gasteiger partial charge is 0.423 e. The summed E-state index contributed by atoms with van der Waals surface area (Å²) in [6.07, 6.45) is 0. The monoisotopic (exact) mass is 242 g/mol. The second-order valence-electron chi connectivity index (χ2n) is 2.67. The molecule has 0 aliphatic heterocycles. The Bertz CT molecular complexity index is 338. The molecular formula is C8H8BBrO3. The number of carbonyl (C=O) groups is 1. The van der Waals surface area contributed by atoms with E-state index in [9.17, 15) is 4.79 Å². The molecule has 0 amide bonds. The highest BCUT2D eigenvalue weighted by Gasteiger charge is 2.15. The van der Waals surface area contributed by atoms with Crippen molar-refractivity contribution in [2.45, 2.75) is 6.92 Å². The van der Waals surface area contributed by atoms with Crippen LogP contribution in [0.5, 0.6) is 0 Å². The fourth-order valence-corrected chi connectivity index (χ4v) is 1.41. The van der Waals surface area contributed by atoms with Crippen LogP contribution >= 0.6 is 15.9 Å². The maximum absolute atomic E-state index is 11.0. The van der Waals surface area contributed by atoms with Gasteiger partial charge in [-0.2, -0.15) is 0 Å². The summed E-state index contributed by atoms with van der Waals surface area (Å²) in [5, 5.41) is 17.9. The van der Waals surface area contributed by atoms with Crippen LogP contribution in [0.3, 0.4) is 0 Å². The van der Waals surface area contributed by atoms with E-state index in [0.717, 1.165) is 0 Å². The summed E-state index contributed by atoms with van der Waals surface area (Å²) < 4.78 is 0.576. The molecule has 1 rings (SSSR count). The predicted octanol–water partition coefficient (Wildman–Crippen LogP) is 0.331. The van der Waals surface area contributed by atoms with Crippen LogP contribution in [0.4, 0.5) is 0 Å². The summed E-state index contributed by atoms with van der Waals surface area (Å²) in [5.41, 5.74) is 0.763. The Labute approximate surface area is 84.7 Å². The fraction of sp³-hybridized carbons (Fsp3) is 0.125. The van der Waals surface area contributed by atoms with Crippen molar-refractivity contribution in [1.82, 2.24) is 0 Å². The molecule has 0 radical (unpaired) electrons. The van der Waals surface area contributed by atoms with Crippen molar-refractivity contribution in [1.29, 1.82) is 0 Å². The van der Waals surface area contributed by atoms with Crippen LogP contribution in [0.25, 0.3) is 0 Å². The van der Waals surface area contributed by atoms with Gasteiger partial charge >= 0.3 is 7.12 Å². The molecule has 0 bridgehead atoms. The summed E-state index contributed by atoms with van der Waals surface area (Å²) >= 11 is 3.15. The molecule has 1 aromatic rings. The van der Waals surface area contributed by atoms with Gasteiger partial charge in [0.2, 0.25) is 0 Å². The van der Waals surface area contributed by atoms with E-state index in [4.69, 9.17) is 10.0 Å². The number of hydrogen-bond donors (Lipinski definition) is 2. The van der Waals surface area contributed by atoms with Gasteiger partial charge < -0.3 is 10.0 Å². The number of Topliss-reactive ketones (excluding diaryl/α,β-unsaturated/α-hetero) is 1. The quantitative estimate of drug-likeness (QED) is 0.581. The highest BCUT2D eigenvalue weighted by atomic mass is 79.9. The molecule has 0 atom stereocenters. The van der Waals surface area contributed by atoms with E-state index in [2.05, 4.69) is 15.9 Å². The minimum atomic E-state index is -1.56. The molecule has 0 fully saturated rings. The van der Waals surface area contributed by atoms with E-state index in [0.29, 0.717) is 15.5 Å². The summed E-state index contributed by atoms with van der Waals surface area (Å²) in [7, 11) is -1.56. The van der Waals surface area contributed by atoms with E-state index in [1.54, 1.807) is 12.1 Å². The minimum absolute atomic E-state index is 0.102. The minimum Gasteiger partial charge on any atom is -0.423 e.